The maximum atomic E-state index is 12.4. The molecule has 2 aromatic carbocycles. The minimum atomic E-state index is -4.76. The lowest BCUT2D eigenvalue weighted by Crippen LogP contribution is -2.30. The first-order chi connectivity index (χ1) is 13.2. The zero-order valence-corrected chi connectivity index (χ0v) is 15.5. The molecule has 2 amide bonds. The molecule has 0 radical (unpaired) electrons. The van der Waals surface area contributed by atoms with E-state index >= 15 is 0 Å². The van der Waals surface area contributed by atoms with E-state index in [1.54, 1.807) is 29.2 Å². The summed E-state index contributed by atoms with van der Waals surface area (Å²) in [4.78, 5) is 26.3. The summed E-state index contributed by atoms with van der Waals surface area (Å²) in [7, 11) is 0. The van der Waals surface area contributed by atoms with Gasteiger partial charge in [-0.25, -0.2) is 0 Å². The number of amides is 2. The fourth-order valence-corrected chi connectivity index (χ4v) is 2.62. The van der Waals surface area contributed by atoms with Crippen molar-refractivity contribution in [1.82, 2.24) is 4.90 Å². The molecule has 0 fully saturated rings. The smallest absolute Gasteiger partial charge is 0.406 e. The minimum Gasteiger partial charge on any atom is -0.406 e. The van der Waals surface area contributed by atoms with Crippen molar-refractivity contribution in [3.8, 4) is 5.75 Å². The van der Waals surface area contributed by atoms with Crippen LogP contribution in [0.5, 0.6) is 5.75 Å². The molecular weight excluding hydrogens is 373 g/mol. The molecule has 0 atom stereocenters. The first-order valence-corrected chi connectivity index (χ1v) is 8.75. The maximum Gasteiger partial charge on any atom is 0.573 e. The van der Waals surface area contributed by atoms with Gasteiger partial charge >= 0.3 is 6.36 Å². The van der Waals surface area contributed by atoms with Gasteiger partial charge in [0.15, 0.2) is 0 Å². The van der Waals surface area contributed by atoms with Gasteiger partial charge in [0.1, 0.15) is 5.75 Å². The topological polar surface area (TPSA) is 58.6 Å². The Morgan fingerprint density at radius 3 is 2.25 bits per heavy atom. The Kier molecular flexibility index (Phi) is 7.03. The van der Waals surface area contributed by atoms with Crippen LogP contribution in [0.1, 0.15) is 29.8 Å². The fraction of sp³-hybridized carbons (Fsp3) is 0.300. The SMILES string of the molecule is CCN(CC)C(=O)c1cccc(NC(=O)Cc2ccc(OC(F)(F)F)cc2)c1. The number of carbonyl (C=O) groups is 2. The molecule has 0 aromatic heterocycles. The predicted octanol–water partition coefficient (Wildman–Crippen LogP) is 4.25. The third-order valence-corrected chi connectivity index (χ3v) is 3.97. The Balaban J connectivity index is 1.99. The molecule has 0 aliphatic rings. The van der Waals surface area contributed by atoms with Crippen LogP contribution in [0.15, 0.2) is 48.5 Å². The van der Waals surface area contributed by atoms with E-state index < -0.39 is 6.36 Å². The molecule has 0 saturated heterocycles. The van der Waals surface area contributed by atoms with Crippen molar-refractivity contribution < 1.29 is 27.5 Å². The van der Waals surface area contributed by atoms with Gasteiger partial charge in [-0.15, -0.1) is 13.2 Å². The second-order valence-corrected chi connectivity index (χ2v) is 5.97. The van der Waals surface area contributed by atoms with Crippen LogP contribution in [0.4, 0.5) is 18.9 Å². The number of hydrogen-bond acceptors (Lipinski definition) is 3. The highest BCUT2D eigenvalue weighted by Crippen LogP contribution is 2.23. The molecule has 28 heavy (non-hydrogen) atoms. The van der Waals surface area contributed by atoms with E-state index in [2.05, 4.69) is 10.1 Å². The number of rotatable bonds is 7. The Bertz CT molecular complexity index is 816. The predicted molar refractivity (Wildman–Crippen MR) is 99.2 cm³/mol. The van der Waals surface area contributed by atoms with Crippen LogP contribution in [-0.4, -0.2) is 36.2 Å². The highest BCUT2D eigenvalue weighted by atomic mass is 19.4. The van der Waals surface area contributed by atoms with Crippen molar-refractivity contribution >= 4 is 17.5 Å². The van der Waals surface area contributed by atoms with Crippen molar-refractivity contribution in [1.29, 1.82) is 0 Å². The summed E-state index contributed by atoms with van der Waals surface area (Å²) in [6, 6.07) is 11.7. The molecule has 150 valence electrons. The molecule has 0 aliphatic heterocycles. The summed E-state index contributed by atoms with van der Waals surface area (Å²) in [6.45, 7) is 4.94. The number of nitrogens with one attached hydrogen (secondary N) is 1. The zero-order valence-electron chi connectivity index (χ0n) is 15.5. The van der Waals surface area contributed by atoms with E-state index in [1.807, 2.05) is 13.8 Å². The standard InChI is InChI=1S/C20H21F3N2O3/c1-3-25(4-2)19(27)15-6-5-7-16(13-15)24-18(26)12-14-8-10-17(11-9-14)28-20(21,22)23/h5-11,13H,3-4,12H2,1-2H3,(H,24,26). The van der Waals surface area contributed by atoms with Gasteiger partial charge in [-0.05, 0) is 49.7 Å². The van der Waals surface area contributed by atoms with Gasteiger partial charge < -0.3 is 15.0 Å². The Hall–Kier alpha value is -3.03. The van der Waals surface area contributed by atoms with Crippen molar-refractivity contribution in [2.24, 2.45) is 0 Å². The summed E-state index contributed by atoms with van der Waals surface area (Å²) >= 11 is 0. The number of carbonyl (C=O) groups excluding carboxylic acids is 2. The first-order valence-electron chi connectivity index (χ1n) is 8.75. The summed E-state index contributed by atoms with van der Waals surface area (Å²) < 4.78 is 40.3. The second kappa shape index (κ2) is 9.25. The molecule has 5 nitrogen and oxygen atoms in total. The van der Waals surface area contributed by atoms with E-state index in [4.69, 9.17) is 0 Å². The summed E-state index contributed by atoms with van der Waals surface area (Å²) in [5.74, 6) is -0.822. The number of halogens is 3. The number of alkyl halides is 3. The lowest BCUT2D eigenvalue weighted by molar-refractivity contribution is -0.274. The molecular formula is C20H21F3N2O3. The number of anilines is 1. The number of benzene rings is 2. The Morgan fingerprint density at radius 1 is 1.04 bits per heavy atom. The van der Waals surface area contributed by atoms with E-state index in [0.29, 0.717) is 29.9 Å². The summed E-state index contributed by atoms with van der Waals surface area (Å²) in [6.07, 6.45) is -4.78. The monoisotopic (exact) mass is 394 g/mol. The van der Waals surface area contributed by atoms with Gasteiger partial charge in [0.2, 0.25) is 5.91 Å². The Labute approximate surface area is 161 Å². The van der Waals surface area contributed by atoms with Gasteiger partial charge in [-0.2, -0.15) is 0 Å². The zero-order chi connectivity index (χ0) is 20.7. The van der Waals surface area contributed by atoms with Gasteiger partial charge in [0.25, 0.3) is 5.91 Å². The highest BCUT2D eigenvalue weighted by molar-refractivity contribution is 5.97. The lowest BCUT2D eigenvalue weighted by Gasteiger charge is -2.19. The first kappa shape index (κ1) is 21.3. The molecule has 0 aliphatic carbocycles. The normalized spacial score (nSPS) is 11.0. The maximum absolute atomic E-state index is 12.4. The van der Waals surface area contributed by atoms with Gasteiger partial charge in [-0.1, -0.05) is 18.2 Å². The molecule has 8 heteroatoms. The van der Waals surface area contributed by atoms with E-state index in [-0.39, 0.29) is 24.0 Å². The number of ether oxygens (including phenoxy) is 1. The number of nitrogens with zero attached hydrogens (tertiary/aromatic N) is 1. The van der Waals surface area contributed by atoms with Crippen molar-refractivity contribution in [3.05, 3.63) is 59.7 Å². The average Bonchev–Trinajstić information content (AvgIpc) is 2.63. The van der Waals surface area contributed by atoms with Crippen molar-refractivity contribution in [3.63, 3.8) is 0 Å². The van der Waals surface area contributed by atoms with Gasteiger partial charge in [-0.3, -0.25) is 9.59 Å². The van der Waals surface area contributed by atoms with E-state index in [0.717, 1.165) is 12.1 Å². The summed E-state index contributed by atoms with van der Waals surface area (Å²) in [5, 5.41) is 2.69. The molecule has 0 bridgehead atoms. The molecule has 0 heterocycles. The van der Waals surface area contributed by atoms with Gasteiger partial charge in [0.05, 0.1) is 6.42 Å². The van der Waals surface area contributed by atoms with Crippen molar-refractivity contribution in [2.45, 2.75) is 26.6 Å². The van der Waals surface area contributed by atoms with Crippen LogP contribution in [-0.2, 0) is 11.2 Å². The minimum absolute atomic E-state index is 0.0273. The van der Waals surface area contributed by atoms with Crippen molar-refractivity contribution in [2.75, 3.05) is 18.4 Å². The fourth-order valence-electron chi connectivity index (χ4n) is 2.62. The third-order valence-electron chi connectivity index (χ3n) is 3.97. The number of hydrogen-bond donors (Lipinski definition) is 1. The second-order valence-electron chi connectivity index (χ2n) is 5.97. The molecule has 2 rings (SSSR count). The average molecular weight is 394 g/mol. The summed E-state index contributed by atoms with van der Waals surface area (Å²) in [5.41, 5.74) is 1.47. The molecule has 1 N–H and O–H groups in total. The lowest BCUT2D eigenvalue weighted by atomic mass is 10.1. The quantitative estimate of drug-likeness (QED) is 0.764. The molecule has 0 spiro atoms. The Morgan fingerprint density at radius 2 is 1.68 bits per heavy atom. The largest absolute Gasteiger partial charge is 0.573 e. The van der Waals surface area contributed by atoms with Crippen LogP contribution in [0, 0.1) is 0 Å². The highest BCUT2D eigenvalue weighted by Gasteiger charge is 2.30. The van der Waals surface area contributed by atoms with Crippen LogP contribution in [0.25, 0.3) is 0 Å². The van der Waals surface area contributed by atoms with Crippen LogP contribution in [0.2, 0.25) is 0 Å². The molecule has 0 unspecified atom stereocenters. The van der Waals surface area contributed by atoms with E-state index in [1.165, 1.54) is 12.1 Å². The van der Waals surface area contributed by atoms with Crippen LogP contribution < -0.4 is 10.1 Å². The van der Waals surface area contributed by atoms with E-state index in [9.17, 15) is 22.8 Å². The molecule has 0 saturated carbocycles. The molecule has 2 aromatic rings. The van der Waals surface area contributed by atoms with Crippen LogP contribution in [0.3, 0.4) is 0 Å². The third kappa shape index (κ3) is 6.29. The van der Waals surface area contributed by atoms with Crippen LogP contribution >= 0.6 is 0 Å². The van der Waals surface area contributed by atoms with Gasteiger partial charge in [0, 0.05) is 24.3 Å².